The maximum atomic E-state index is 13.2. The van der Waals surface area contributed by atoms with Gasteiger partial charge < -0.3 is 5.11 Å². The summed E-state index contributed by atoms with van der Waals surface area (Å²) in [7, 11) is 0. The Labute approximate surface area is 99.3 Å². The maximum absolute atomic E-state index is 13.2. The molecular formula is C13H16F2O2. The van der Waals surface area contributed by atoms with Crippen LogP contribution in [0.15, 0.2) is 24.3 Å². The number of carboxylic acid groups (broad SMARTS) is 1. The van der Waals surface area contributed by atoms with E-state index in [1.165, 1.54) is 18.2 Å². The van der Waals surface area contributed by atoms with Crippen molar-refractivity contribution in [1.82, 2.24) is 0 Å². The third-order valence-corrected chi connectivity index (χ3v) is 2.69. The van der Waals surface area contributed by atoms with E-state index in [-0.39, 0.29) is 11.5 Å². The van der Waals surface area contributed by atoms with Gasteiger partial charge in [-0.3, -0.25) is 4.79 Å². The summed E-state index contributed by atoms with van der Waals surface area (Å²) in [6, 6.07) is 5.63. The van der Waals surface area contributed by atoms with Crippen LogP contribution in [0.1, 0.15) is 37.8 Å². The van der Waals surface area contributed by atoms with Crippen LogP contribution in [-0.4, -0.2) is 11.1 Å². The first-order chi connectivity index (χ1) is 7.73. The third-order valence-electron chi connectivity index (χ3n) is 2.69. The molecule has 1 rings (SSSR count). The summed E-state index contributed by atoms with van der Waals surface area (Å²) in [6.45, 7) is 4.32. The fourth-order valence-electron chi connectivity index (χ4n) is 1.82. The smallest absolute Gasteiger partial charge is 0.311 e. The first kappa shape index (κ1) is 13.6. The number of hydrogen-bond acceptors (Lipinski definition) is 1. The lowest BCUT2D eigenvalue weighted by Crippen LogP contribution is -2.18. The fourth-order valence-corrected chi connectivity index (χ4v) is 1.82. The quantitative estimate of drug-likeness (QED) is 0.875. The minimum absolute atomic E-state index is 0.145. The van der Waals surface area contributed by atoms with E-state index in [1.807, 2.05) is 0 Å². The highest BCUT2D eigenvalue weighted by Crippen LogP contribution is 2.31. The summed E-state index contributed by atoms with van der Waals surface area (Å²) in [6.07, 6.45) is 0. The van der Waals surface area contributed by atoms with Gasteiger partial charge in [-0.05, 0) is 17.5 Å². The van der Waals surface area contributed by atoms with Gasteiger partial charge in [0, 0.05) is 12.5 Å². The van der Waals surface area contributed by atoms with Gasteiger partial charge in [0.15, 0.2) is 0 Å². The second-order valence-electron chi connectivity index (χ2n) is 4.57. The van der Waals surface area contributed by atoms with Crippen molar-refractivity contribution in [1.29, 1.82) is 0 Å². The summed E-state index contributed by atoms with van der Waals surface area (Å²) < 4.78 is 26.3. The fraction of sp³-hybridized carbons (Fsp3) is 0.462. The van der Waals surface area contributed by atoms with Crippen molar-refractivity contribution in [2.24, 2.45) is 5.92 Å². The Kier molecular flexibility index (Phi) is 3.86. The van der Waals surface area contributed by atoms with Crippen molar-refractivity contribution in [2.75, 3.05) is 0 Å². The van der Waals surface area contributed by atoms with Crippen LogP contribution in [0.25, 0.3) is 0 Å². The molecule has 0 spiro atoms. The highest BCUT2D eigenvalue weighted by molar-refractivity contribution is 5.76. The van der Waals surface area contributed by atoms with E-state index in [0.717, 1.165) is 6.92 Å². The predicted molar refractivity (Wildman–Crippen MR) is 61.2 cm³/mol. The van der Waals surface area contributed by atoms with E-state index in [4.69, 9.17) is 5.11 Å². The van der Waals surface area contributed by atoms with E-state index in [9.17, 15) is 13.6 Å². The van der Waals surface area contributed by atoms with Crippen LogP contribution in [0, 0.1) is 5.92 Å². The zero-order chi connectivity index (χ0) is 13.2. The highest BCUT2D eigenvalue weighted by atomic mass is 19.3. The van der Waals surface area contributed by atoms with Gasteiger partial charge in [0.05, 0.1) is 5.92 Å². The number of benzene rings is 1. The molecule has 0 amide bonds. The molecule has 4 heteroatoms. The molecule has 1 N–H and O–H groups in total. The SMILES string of the molecule is CC(C)C(C(=O)O)c1cccc(C(C)(F)F)c1. The van der Waals surface area contributed by atoms with Crippen LogP contribution in [-0.2, 0) is 10.7 Å². The molecule has 2 nitrogen and oxygen atoms in total. The molecule has 0 heterocycles. The second kappa shape index (κ2) is 4.82. The summed E-state index contributed by atoms with van der Waals surface area (Å²) in [5.41, 5.74) is 0.272. The Morgan fingerprint density at radius 2 is 1.94 bits per heavy atom. The van der Waals surface area contributed by atoms with Crippen LogP contribution in [0.5, 0.6) is 0 Å². The minimum Gasteiger partial charge on any atom is -0.481 e. The van der Waals surface area contributed by atoms with E-state index in [0.29, 0.717) is 5.56 Å². The van der Waals surface area contributed by atoms with Crippen LogP contribution in [0.4, 0.5) is 8.78 Å². The molecule has 0 aliphatic rings. The summed E-state index contributed by atoms with van der Waals surface area (Å²) in [4.78, 5) is 11.1. The lowest BCUT2D eigenvalue weighted by atomic mass is 9.87. The van der Waals surface area contributed by atoms with Crippen molar-refractivity contribution >= 4 is 5.97 Å². The Morgan fingerprint density at radius 3 is 2.35 bits per heavy atom. The van der Waals surface area contributed by atoms with Gasteiger partial charge in [0.1, 0.15) is 0 Å². The molecule has 1 aromatic rings. The van der Waals surface area contributed by atoms with Crippen LogP contribution in [0.2, 0.25) is 0 Å². The zero-order valence-electron chi connectivity index (χ0n) is 10.1. The van der Waals surface area contributed by atoms with Crippen LogP contribution >= 0.6 is 0 Å². The Morgan fingerprint density at radius 1 is 1.35 bits per heavy atom. The molecule has 0 fully saturated rings. The molecule has 0 aromatic heterocycles. The molecule has 0 saturated carbocycles. The Balaban J connectivity index is 3.18. The number of carbonyl (C=O) groups is 1. The number of halogens is 2. The standard InChI is InChI=1S/C13H16F2O2/c1-8(2)11(12(16)17)9-5-4-6-10(7-9)13(3,14)15/h4-8,11H,1-3H3,(H,16,17). The Hall–Kier alpha value is -1.45. The van der Waals surface area contributed by atoms with Crippen molar-refractivity contribution in [3.05, 3.63) is 35.4 Å². The minimum atomic E-state index is -2.95. The number of rotatable bonds is 4. The molecule has 0 saturated heterocycles. The van der Waals surface area contributed by atoms with Gasteiger partial charge >= 0.3 is 5.97 Å². The third kappa shape index (κ3) is 3.25. The molecule has 0 aliphatic carbocycles. The van der Waals surface area contributed by atoms with Crippen molar-refractivity contribution in [2.45, 2.75) is 32.6 Å². The number of aliphatic carboxylic acids is 1. The van der Waals surface area contributed by atoms with Gasteiger partial charge in [-0.1, -0.05) is 32.0 Å². The first-order valence-corrected chi connectivity index (χ1v) is 5.44. The monoisotopic (exact) mass is 242 g/mol. The van der Waals surface area contributed by atoms with Crippen LogP contribution < -0.4 is 0 Å². The van der Waals surface area contributed by atoms with E-state index in [2.05, 4.69) is 0 Å². The molecule has 1 aromatic carbocycles. The molecule has 0 aliphatic heterocycles. The number of hydrogen-bond donors (Lipinski definition) is 1. The summed E-state index contributed by atoms with van der Waals surface area (Å²) in [5.74, 6) is -4.84. The van der Waals surface area contributed by atoms with Gasteiger partial charge in [-0.2, -0.15) is 0 Å². The van der Waals surface area contributed by atoms with Gasteiger partial charge in [0.2, 0.25) is 0 Å². The molecule has 0 bridgehead atoms. The largest absolute Gasteiger partial charge is 0.481 e. The lowest BCUT2D eigenvalue weighted by Gasteiger charge is -2.19. The average molecular weight is 242 g/mol. The van der Waals surface area contributed by atoms with Crippen molar-refractivity contribution in [3.8, 4) is 0 Å². The molecule has 17 heavy (non-hydrogen) atoms. The number of alkyl halides is 2. The molecule has 94 valence electrons. The predicted octanol–water partition coefficient (Wildman–Crippen LogP) is 3.62. The van der Waals surface area contributed by atoms with Gasteiger partial charge in [-0.15, -0.1) is 0 Å². The summed E-state index contributed by atoms with van der Waals surface area (Å²) in [5, 5.41) is 9.10. The van der Waals surface area contributed by atoms with Crippen molar-refractivity contribution < 1.29 is 18.7 Å². The normalized spacial score (nSPS) is 13.8. The summed E-state index contributed by atoms with van der Waals surface area (Å²) >= 11 is 0. The van der Waals surface area contributed by atoms with E-state index < -0.39 is 17.8 Å². The molecular weight excluding hydrogens is 226 g/mol. The highest BCUT2D eigenvalue weighted by Gasteiger charge is 2.28. The van der Waals surface area contributed by atoms with Gasteiger partial charge in [0.25, 0.3) is 5.92 Å². The van der Waals surface area contributed by atoms with E-state index in [1.54, 1.807) is 19.9 Å². The van der Waals surface area contributed by atoms with Crippen molar-refractivity contribution in [3.63, 3.8) is 0 Å². The lowest BCUT2D eigenvalue weighted by molar-refractivity contribution is -0.139. The molecule has 1 atom stereocenters. The van der Waals surface area contributed by atoms with E-state index >= 15 is 0 Å². The average Bonchev–Trinajstić information content (AvgIpc) is 2.15. The Bertz CT molecular complexity index is 408. The van der Waals surface area contributed by atoms with Gasteiger partial charge in [-0.25, -0.2) is 8.78 Å². The second-order valence-corrected chi connectivity index (χ2v) is 4.57. The first-order valence-electron chi connectivity index (χ1n) is 5.44. The molecule has 1 unspecified atom stereocenters. The topological polar surface area (TPSA) is 37.3 Å². The molecule has 0 radical (unpaired) electrons. The zero-order valence-corrected chi connectivity index (χ0v) is 10.1. The number of carboxylic acids is 1. The van der Waals surface area contributed by atoms with Crippen LogP contribution in [0.3, 0.4) is 0 Å². The maximum Gasteiger partial charge on any atom is 0.311 e.